The molecule has 13 nitrogen and oxygen atoms in total. The van der Waals surface area contributed by atoms with Crippen LogP contribution in [0.4, 0.5) is 0 Å². The Labute approximate surface area is 340 Å². The number of pyridine rings is 1. The topological polar surface area (TPSA) is 164 Å². The summed E-state index contributed by atoms with van der Waals surface area (Å²) in [6, 6.07) is 16.1. The van der Waals surface area contributed by atoms with Crippen LogP contribution in [-0.2, 0) is 29.2 Å². The molecule has 3 aliphatic heterocycles. The van der Waals surface area contributed by atoms with Gasteiger partial charge >= 0.3 is 0 Å². The minimum atomic E-state index is -3.88. The number of nitrogens with one attached hydrogen (secondary N) is 2. The molecule has 2 aromatic carbocycles. The van der Waals surface area contributed by atoms with Crippen LogP contribution in [0.5, 0.6) is 11.5 Å². The number of carbonyl (C=O) groups is 4. The molecule has 14 heteroatoms. The zero-order chi connectivity index (χ0) is 40.4. The van der Waals surface area contributed by atoms with Crippen molar-refractivity contribution in [3.63, 3.8) is 0 Å². The van der Waals surface area contributed by atoms with E-state index in [1.165, 1.54) is 4.90 Å². The molecule has 0 bridgehead atoms. The molecule has 2 N–H and O–H groups in total. The summed E-state index contributed by atoms with van der Waals surface area (Å²) in [5.41, 5.74) is 0.733. The summed E-state index contributed by atoms with van der Waals surface area (Å²) in [5, 5.41) is 3.07. The number of amides is 4. The number of methoxy groups -OCH3 is 1. The van der Waals surface area contributed by atoms with Crippen molar-refractivity contribution >= 4 is 44.6 Å². The van der Waals surface area contributed by atoms with Gasteiger partial charge in [-0.15, -0.1) is 0 Å². The van der Waals surface area contributed by atoms with E-state index in [9.17, 15) is 27.6 Å². The van der Waals surface area contributed by atoms with Crippen LogP contribution < -0.4 is 19.5 Å². The van der Waals surface area contributed by atoms with E-state index < -0.39 is 56.6 Å². The Hall–Kier alpha value is -4.98. The predicted molar refractivity (Wildman–Crippen MR) is 218 cm³/mol. The zero-order valence-corrected chi connectivity index (χ0v) is 33.9. The average molecular weight is 812 g/mol. The second-order valence-electron chi connectivity index (χ2n) is 16.6. The highest BCUT2D eigenvalue weighted by Crippen LogP contribution is 2.46. The molecule has 5 atom stereocenters. The Morgan fingerprint density at radius 2 is 1.74 bits per heavy atom. The highest BCUT2D eigenvalue weighted by atomic mass is 32.2. The van der Waals surface area contributed by atoms with Crippen LogP contribution in [0.1, 0.15) is 83.5 Å². The summed E-state index contributed by atoms with van der Waals surface area (Å²) in [6.07, 6.45) is 11.3. The second-order valence-corrected chi connectivity index (χ2v) is 18.6. The van der Waals surface area contributed by atoms with E-state index in [-0.39, 0.29) is 37.6 Å². The summed E-state index contributed by atoms with van der Waals surface area (Å²) in [4.78, 5) is 65.3. The van der Waals surface area contributed by atoms with Crippen molar-refractivity contribution in [1.29, 1.82) is 0 Å². The van der Waals surface area contributed by atoms with Gasteiger partial charge < -0.3 is 24.6 Å². The summed E-state index contributed by atoms with van der Waals surface area (Å²) >= 11 is 0. The largest absolute Gasteiger partial charge is 0.497 e. The molecule has 4 fully saturated rings. The molecule has 0 unspecified atom stereocenters. The fraction of sp³-hybridized carbons (Fsp3) is 0.523. The lowest BCUT2D eigenvalue weighted by Gasteiger charge is -2.31. The summed E-state index contributed by atoms with van der Waals surface area (Å²) in [5.74, 6) is -1.54. The van der Waals surface area contributed by atoms with Crippen LogP contribution >= 0.6 is 0 Å². The molecule has 2 saturated carbocycles. The molecule has 1 aromatic heterocycles. The molecular formula is C44H53N5O8S. The second kappa shape index (κ2) is 16.7. The number of allylic oxidation sites excluding steroid dienone is 1. The lowest BCUT2D eigenvalue weighted by Crippen LogP contribution is -2.57. The fourth-order valence-electron chi connectivity index (χ4n) is 8.80. The van der Waals surface area contributed by atoms with Gasteiger partial charge in [0.2, 0.25) is 27.7 Å². The first-order valence-electron chi connectivity index (χ1n) is 20.9. The number of nitrogens with zero attached hydrogens (tertiary/aromatic N) is 3. The van der Waals surface area contributed by atoms with Crippen molar-refractivity contribution in [2.75, 3.05) is 26.7 Å². The standard InChI is InChI=1S/C44H53N5O8S/c1-56-32-17-20-35-37(24-32)45-36(29-13-8-5-9-14-29)26-39(35)57-33-25-38-41(51)46-44(43(53)47-58(54,55)34-18-19-34)27-31(44)16-10-4-2-3-7-15-30(42(52)49(38)28-33)23-40(50)48-21-11-6-12-22-48/h5,8-10,13-14,16-17,20,24,26,30-31,33-34,38H,2-4,6-7,11-12,15,18-19,21-23,25,27-28H2,1H3,(H,46,51)(H,47,53)/b16-10-/t30-,31-,33-,38+,44+/m1/s1. The molecule has 2 aliphatic carbocycles. The average Bonchev–Trinajstić information content (AvgIpc) is 4.16. The maximum atomic E-state index is 14.8. The van der Waals surface area contributed by atoms with E-state index in [1.807, 2.05) is 71.6 Å². The van der Waals surface area contributed by atoms with Crippen LogP contribution in [-0.4, -0.2) is 96.5 Å². The van der Waals surface area contributed by atoms with Crippen molar-refractivity contribution in [3.05, 3.63) is 66.7 Å². The molecule has 0 spiro atoms. The molecular weight excluding hydrogens is 759 g/mol. The van der Waals surface area contributed by atoms with Gasteiger partial charge in [0.05, 0.1) is 30.1 Å². The molecule has 58 heavy (non-hydrogen) atoms. The number of benzene rings is 2. The Morgan fingerprint density at radius 3 is 2.50 bits per heavy atom. The zero-order valence-electron chi connectivity index (χ0n) is 33.1. The highest BCUT2D eigenvalue weighted by Gasteiger charge is 2.62. The van der Waals surface area contributed by atoms with Gasteiger partial charge in [0.1, 0.15) is 29.2 Å². The third-order valence-electron chi connectivity index (χ3n) is 12.4. The minimum absolute atomic E-state index is 0.0488. The Bertz CT molecular complexity index is 2190. The number of piperidine rings is 1. The molecule has 0 radical (unpaired) electrons. The smallest absolute Gasteiger partial charge is 0.259 e. The van der Waals surface area contributed by atoms with Gasteiger partial charge in [-0.2, -0.15) is 0 Å². The van der Waals surface area contributed by atoms with Gasteiger partial charge in [-0.25, -0.2) is 13.4 Å². The van der Waals surface area contributed by atoms with Crippen LogP contribution in [0.3, 0.4) is 0 Å². The molecule has 2 saturated heterocycles. The minimum Gasteiger partial charge on any atom is -0.497 e. The highest BCUT2D eigenvalue weighted by molar-refractivity contribution is 7.91. The van der Waals surface area contributed by atoms with Gasteiger partial charge in [-0.05, 0) is 69.9 Å². The number of hydrogen-bond acceptors (Lipinski definition) is 9. The van der Waals surface area contributed by atoms with Crippen molar-refractivity contribution in [2.45, 2.75) is 106 Å². The van der Waals surface area contributed by atoms with Crippen molar-refractivity contribution in [3.8, 4) is 22.8 Å². The number of rotatable bonds is 9. The van der Waals surface area contributed by atoms with Crippen LogP contribution in [0.2, 0.25) is 0 Å². The van der Waals surface area contributed by atoms with Gasteiger partial charge in [-0.1, -0.05) is 55.3 Å². The first-order chi connectivity index (χ1) is 28.0. The predicted octanol–water partition coefficient (Wildman–Crippen LogP) is 5.28. The molecule has 8 rings (SSSR count). The van der Waals surface area contributed by atoms with Gasteiger partial charge in [0, 0.05) is 60.8 Å². The van der Waals surface area contributed by atoms with Crippen LogP contribution in [0.25, 0.3) is 22.2 Å². The third-order valence-corrected chi connectivity index (χ3v) is 14.2. The van der Waals surface area contributed by atoms with E-state index >= 15 is 0 Å². The molecule has 4 amide bonds. The Morgan fingerprint density at radius 1 is 0.966 bits per heavy atom. The number of aromatic nitrogens is 1. The molecule has 5 aliphatic rings. The maximum absolute atomic E-state index is 14.8. The number of likely N-dealkylation sites (tertiary alicyclic amines) is 1. The van der Waals surface area contributed by atoms with Crippen LogP contribution in [0.15, 0.2) is 66.7 Å². The fourth-order valence-corrected chi connectivity index (χ4v) is 10.2. The lowest BCUT2D eigenvalue weighted by molar-refractivity contribution is -0.145. The SMILES string of the molecule is COc1ccc2c(O[C@@H]3C[C@H]4C(=O)N[C@@]5(C(=O)NS(=O)(=O)C6CC6)C[C@H]5/C=C\CCCCC[C@H](CC(=O)N5CCCCC5)C(=O)N4C3)cc(-c3ccccc3)nc2c1. The van der Waals surface area contributed by atoms with E-state index in [2.05, 4.69) is 10.0 Å². The van der Waals surface area contributed by atoms with Gasteiger partial charge in [-0.3, -0.25) is 23.9 Å². The van der Waals surface area contributed by atoms with Crippen molar-refractivity contribution in [1.82, 2.24) is 24.8 Å². The van der Waals surface area contributed by atoms with Gasteiger partial charge in [0.25, 0.3) is 5.91 Å². The lowest BCUT2D eigenvalue weighted by atomic mass is 9.94. The van der Waals surface area contributed by atoms with E-state index in [0.717, 1.165) is 55.9 Å². The van der Waals surface area contributed by atoms with E-state index in [0.29, 0.717) is 55.1 Å². The quantitative estimate of drug-likeness (QED) is 0.274. The summed E-state index contributed by atoms with van der Waals surface area (Å²) in [6.45, 7) is 1.43. The monoisotopic (exact) mass is 811 g/mol. The molecule has 3 aromatic rings. The number of carbonyl (C=O) groups excluding carboxylic acids is 4. The third kappa shape index (κ3) is 8.57. The van der Waals surface area contributed by atoms with Gasteiger partial charge in [0.15, 0.2) is 0 Å². The van der Waals surface area contributed by atoms with E-state index in [4.69, 9.17) is 14.5 Å². The first kappa shape index (κ1) is 39.8. The molecule has 308 valence electrons. The van der Waals surface area contributed by atoms with Crippen molar-refractivity contribution in [2.24, 2.45) is 11.8 Å². The Balaban J connectivity index is 1.12. The Kier molecular flexibility index (Phi) is 11.5. The molecule has 4 heterocycles. The number of sulfonamides is 1. The van der Waals surface area contributed by atoms with Crippen LogP contribution in [0, 0.1) is 11.8 Å². The summed E-state index contributed by atoms with van der Waals surface area (Å²) in [7, 11) is -2.29. The first-order valence-corrected chi connectivity index (χ1v) is 22.4. The number of hydrogen-bond donors (Lipinski definition) is 2. The normalized spacial score (nSPS) is 27.3. The van der Waals surface area contributed by atoms with E-state index in [1.54, 1.807) is 7.11 Å². The number of fused-ring (bicyclic) bond motifs is 3. The maximum Gasteiger partial charge on any atom is 0.259 e. The number of ether oxygens (including phenoxy) is 2. The van der Waals surface area contributed by atoms with Crippen molar-refractivity contribution < 1.29 is 37.1 Å². The summed E-state index contributed by atoms with van der Waals surface area (Å²) < 4.78 is 40.4.